The second-order valence-electron chi connectivity index (χ2n) is 6.55. The molecule has 0 radical (unpaired) electrons. The highest BCUT2D eigenvalue weighted by Gasteiger charge is 2.24. The molecule has 3 aromatic rings. The molecule has 0 amide bonds. The molecule has 0 fully saturated rings. The number of ether oxygens (including phenoxy) is 2. The van der Waals surface area contributed by atoms with Gasteiger partial charge in [-0.1, -0.05) is 42.5 Å². The van der Waals surface area contributed by atoms with Crippen LogP contribution < -0.4 is 15.0 Å². The lowest BCUT2D eigenvalue weighted by atomic mass is 10.0. The van der Waals surface area contributed by atoms with E-state index in [1.54, 1.807) is 48.5 Å². The van der Waals surface area contributed by atoms with Gasteiger partial charge < -0.3 is 14.6 Å². The molecule has 0 spiro atoms. The number of hydrogen-bond donors (Lipinski definition) is 1. The van der Waals surface area contributed by atoms with Crippen molar-refractivity contribution in [1.29, 1.82) is 5.26 Å². The molecule has 1 N–H and O–H groups in total. The number of nitrogens with zero attached hydrogens (tertiary/aromatic N) is 2. The van der Waals surface area contributed by atoms with Gasteiger partial charge >= 0.3 is 0 Å². The van der Waals surface area contributed by atoms with Crippen molar-refractivity contribution < 1.29 is 19.4 Å². The summed E-state index contributed by atoms with van der Waals surface area (Å²) in [5.41, 5.74) is -0.0934. The molecule has 0 saturated heterocycles. The van der Waals surface area contributed by atoms with Crippen molar-refractivity contribution in [1.82, 2.24) is 4.57 Å². The third-order valence-electron chi connectivity index (χ3n) is 4.69. The Morgan fingerprint density at radius 3 is 2.37 bits per heavy atom. The molecule has 0 bridgehead atoms. The number of para-hydroxylation sites is 2. The van der Waals surface area contributed by atoms with E-state index in [-0.39, 0.29) is 23.2 Å². The molecule has 0 unspecified atom stereocenters. The summed E-state index contributed by atoms with van der Waals surface area (Å²) >= 11 is 0. The van der Waals surface area contributed by atoms with Crippen molar-refractivity contribution in [3.8, 4) is 23.4 Å². The Balaban J connectivity index is 1.99. The number of aromatic hydroxyl groups is 1. The minimum Gasteiger partial charge on any atom is -0.494 e. The number of hydrogen-bond acceptors (Lipinski definition) is 6. The van der Waals surface area contributed by atoms with Gasteiger partial charge in [-0.3, -0.25) is 14.2 Å². The van der Waals surface area contributed by atoms with Crippen LogP contribution in [0.25, 0.3) is 0 Å². The molecule has 152 valence electrons. The van der Waals surface area contributed by atoms with Crippen LogP contribution in [0.3, 0.4) is 0 Å². The number of nitriles is 1. The fourth-order valence-electron chi connectivity index (χ4n) is 3.15. The predicted molar refractivity (Wildman–Crippen MR) is 110 cm³/mol. The Bertz CT molecular complexity index is 1180. The summed E-state index contributed by atoms with van der Waals surface area (Å²) in [7, 11) is 1.48. The van der Waals surface area contributed by atoms with E-state index in [0.29, 0.717) is 11.5 Å². The number of benzene rings is 2. The fraction of sp³-hybridized carbons (Fsp3) is 0.174. The average molecular weight is 404 g/mol. The molecule has 0 atom stereocenters. The number of Topliss-reactive ketones (excluding diaryl/α,β-unsaturated/α-hetero) is 1. The summed E-state index contributed by atoms with van der Waals surface area (Å²) in [4.78, 5) is 25.6. The highest BCUT2D eigenvalue weighted by atomic mass is 16.5. The van der Waals surface area contributed by atoms with E-state index in [2.05, 4.69) is 0 Å². The number of pyridine rings is 1. The standard InChI is InChI=1S/C23H20N2O5/c1-15-17(12-24)22(27)25(13-16-8-4-3-5-9-16)23(28)21(15)18(26)14-30-20-11-7-6-10-19(20)29-2/h3-11,28H,13-14H2,1-2H3. The van der Waals surface area contributed by atoms with Crippen LogP contribution >= 0.6 is 0 Å². The summed E-state index contributed by atoms with van der Waals surface area (Å²) < 4.78 is 11.8. The smallest absolute Gasteiger partial charge is 0.271 e. The van der Waals surface area contributed by atoms with Crippen LogP contribution in [0.1, 0.15) is 27.0 Å². The third-order valence-corrected chi connectivity index (χ3v) is 4.69. The molecule has 1 heterocycles. The number of rotatable bonds is 7. The molecule has 7 heteroatoms. The van der Waals surface area contributed by atoms with Crippen molar-refractivity contribution >= 4 is 5.78 Å². The normalized spacial score (nSPS) is 10.3. The van der Waals surface area contributed by atoms with Gasteiger partial charge in [-0.2, -0.15) is 5.26 Å². The van der Waals surface area contributed by atoms with Gasteiger partial charge in [0, 0.05) is 0 Å². The van der Waals surface area contributed by atoms with Crippen LogP contribution in [-0.2, 0) is 6.54 Å². The molecule has 3 rings (SSSR count). The highest BCUT2D eigenvalue weighted by Crippen LogP contribution is 2.27. The fourth-order valence-corrected chi connectivity index (χ4v) is 3.15. The Morgan fingerprint density at radius 1 is 1.10 bits per heavy atom. The first-order chi connectivity index (χ1) is 14.5. The number of ketones is 1. The summed E-state index contributed by atoms with van der Waals surface area (Å²) in [6, 6.07) is 17.7. The number of carbonyl (C=O) groups excluding carboxylic acids is 1. The summed E-state index contributed by atoms with van der Waals surface area (Å²) in [5, 5.41) is 20.2. The van der Waals surface area contributed by atoms with E-state index in [4.69, 9.17) is 9.47 Å². The Hall–Kier alpha value is -4.05. The monoisotopic (exact) mass is 404 g/mol. The molecule has 0 aliphatic heterocycles. The summed E-state index contributed by atoms with van der Waals surface area (Å²) in [6.07, 6.45) is 0. The molecule has 2 aromatic carbocycles. The van der Waals surface area contributed by atoms with Crippen molar-refractivity contribution in [3.63, 3.8) is 0 Å². The minimum atomic E-state index is -0.654. The van der Waals surface area contributed by atoms with E-state index in [1.807, 2.05) is 12.1 Å². The molecule has 30 heavy (non-hydrogen) atoms. The zero-order valence-electron chi connectivity index (χ0n) is 16.6. The maximum absolute atomic E-state index is 12.9. The lowest BCUT2D eigenvalue weighted by Gasteiger charge is -2.16. The van der Waals surface area contributed by atoms with Crippen LogP contribution in [0.4, 0.5) is 0 Å². The van der Waals surface area contributed by atoms with Gasteiger partial charge in [0.1, 0.15) is 11.6 Å². The molecule has 0 aliphatic carbocycles. The van der Waals surface area contributed by atoms with Gasteiger partial charge in [-0.05, 0) is 30.2 Å². The molecular weight excluding hydrogens is 384 g/mol. The van der Waals surface area contributed by atoms with Crippen molar-refractivity contribution in [3.05, 3.63) is 87.2 Å². The topological polar surface area (TPSA) is 102 Å². The first kappa shape index (κ1) is 20.7. The predicted octanol–water partition coefficient (Wildman–Crippen LogP) is 3.05. The highest BCUT2D eigenvalue weighted by molar-refractivity contribution is 6.01. The first-order valence-electron chi connectivity index (χ1n) is 9.17. The molecule has 0 aliphatic rings. The lowest BCUT2D eigenvalue weighted by molar-refractivity contribution is 0.0914. The van der Waals surface area contributed by atoms with Gasteiger partial charge in [0.05, 0.1) is 19.2 Å². The molecule has 7 nitrogen and oxygen atoms in total. The Kier molecular flexibility index (Phi) is 6.18. The lowest BCUT2D eigenvalue weighted by Crippen LogP contribution is -2.28. The van der Waals surface area contributed by atoms with Gasteiger partial charge in [-0.15, -0.1) is 0 Å². The number of aromatic nitrogens is 1. The zero-order chi connectivity index (χ0) is 21.7. The number of carbonyl (C=O) groups is 1. The molecule has 0 saturated carbocycles. The quantitative estimate of drug-likeness (QED) is 0.608. The van der Waals surface area contributed by atoms with Crippen LogP contribution in [0, 0.1) is 18.3 Å². The summed E-state index contributed by atoms with van der Waals surface area (Å²) in [6.45, 7) is 1.08. The average Bonchev–Trinajstić information content (AvgIpc) is 2.76. The minimum absolute atomic E-state index is 0.0219. The van der Waals surface area contributed by atoms with Crippen LogP contribution in [-0.4, -0.2) is 29.2 Å². The van der Waals surface area contributed by atoms with Gasteiger partial charge in [0.2, 0.25) is 11.7 Å². The van der Waals surface area contributed by atoms with Crippen LogP contribution in [0.15, 0.2) is 59.4 Å². The van der Waals surface area contributed by atoms with E-state index < -0.39 is 23.8 Å². The maximum atomic E-state index is 12.9. The Labute approximate surface area is 173 Å². The second-order valence-corrected chi connectivity index (χ2v) is 6.55. The van der Waals surface area contributed by atoms with E-state index in [1.165, 1.54) is 14.0 Å². The summed E-state index contributed by atoms with van der Waals surface area (Å²) in [5.74, 6) is -0.232. The number of methoxy groups -OCH3 is 1. The maximum Gasteiger partial charge on any atom is 0.271 e. The van der Waals surface area contributed by atoms with Gasteiger partial charge in [-0.25, -0.2) is 0 Å². The van der Waals surface area contributed by atoms with Gasteiger partial charge in [0.15, 0.2) is 18.1 Å². The van der Waals surface area contributed by atoms with Crippen LogP contribution in [0.5, 0.6) is 17.4 Å². The largest absolute Gasteiger partial charge is 0.494 e. The SMILES string of the molecule is COc1ccccc1OCC(=O)c1c(C)c(C#N)c(=O)n(Cc2ccccc2)c1O. The van der Waals surface area contributed by atoms with E-state index >= 15 is 0 Å². The zero-order valence-corrected chi connectivity index (χ0v) is 16.6. The third kappa shape index (κ3) is 4.03. The second kappa shape index (κ2) is 8.97. The van der Waals surface area contributed by atoms with E-state index in [0.717, 1.165) is 10.1 Å². The first-order valence-corrected chi connectivity index (χ1v) is 9.17. The molecule has 1 aromatic heterocycles. The van der Waals surface area contributed by atoms with Crippen molar-refractivity contribution in [2.75, 3.05) is 13.7 Å². The Morgan fingerprint density at radius 2 is 1.73 bits per heavy atom. The van der Waals surface area contributed by atoms with Gasteiger partial charge in [0.25, 0.3) is 5.56 Å². The van der Waals surface area contributed by atoms with Crippen LogP contribution in [0.2, 0.25) is 0 Å². The molecular formula is C23H20N2O5. The van der Waals surface area contributed by atoms with Crippen molar-refractivity contribution in [2.24, 2.45) is 0 Å². The van der Waals surface area contributed by atoms with E-state index in [9.17, 15) is 20.0 Å². The van der Waals surface area contributed by atoms with Crippen molar-refractivity contribution in [2.45, 2.75) is 13.5 Å².